The first-order chi connectivity index (χ1) is 12.8. The van der Waals surface area contributed by atoms with Crippen LogP contribution in [0.4, 0.5) is 0 Å². The Morgan fingerprint density at radius 2 is 1.96 bits per heavy atom. The van der Waals surface area contributed by atoms with Crippen LogP contribution in [-0.4, -0.2) is 53.4 Å². The van der Waals surface area contributed by atoms with Crippen LogP contribution in [0.25, 0.3) is 0 Å². The van der Waals surface area contributed by atoms with Crippen molar-refractivity contribution in [3.05, 3.63) is 17.3 Å². The van der Waals surface area contributed by atoms with E-state index in [0.717, 1.165) is 70.3 Å². The van der Waals surface area contributed by atoms with Gasteiger partial charge in [0.05, 0.1) is 12.3 Å². The van der Waals surface area contributed by atoms with E-state index in [1.807, 2.05) is 4.90 Å². The number of amides is 1. The van der Waals surface area contributed by atoms with E-state index in [9.17, 15) is 4.79 Å². The van der Waals surface area contributed by atoms with Crippen LogP contribution in [0.15, 0.2) is 6.07 Å². The minimum atomic E-state index is -0.206. The van der Waals surface area contributed by atoms with Gasteiger partial charge in [-0.05, 0) is 69.3 Å². The van der Waals surface area contributed by atoms with Gasteiger partial charge in [-0.3, -0.25) is 4.79 Å². The smallest absolute Gasteiger partial charge is 0.251 e. The lowest BCUT2D eigenvalue weighted by atomic mass is 9.96. The minimum absolute atomic E-state index is 0.185. The molecule has 6 nitrogen and oxygen atoms in total. The van der Waals surface area contributed by atoms with Crippen LogP contribution >= 0.6 is 0 Å². The van der Waals surface area contributed by atoms with Crippen LogP contribution in [0.2, 0.25) is 0 Å². The molecule has 0 N–H and O–H groups in total. The van der Waals surface area contributed by atoms with Gasteiger partial charge in [0, 0.05) is 25.8 Å². The number of ether oxygens (including phenoxy) is 2. The summed E-state index contributed by atoms with van der Waals surface area (Å²) in [5, 5.41) is 8.56. The number of fused-ring (bicyclic) bond motifs is 1. The fraction of sp³-hybridized carbons (Fsp3) is 0.750. The molecule has 1 aromatic heterocycles. The van der Waals surface area contributed by atoms with Crippen molar-refractivity contribution in [2.45, 2.75) is 63.9 Å². The Balaban J connectivity index is 1.23. The predicted octanol–water partition coefficient (Wildman–Crippen LogP) is 2.54. The zero-order valence-corrected chi connectivity index (χ0v) is 15.5. The van der Waals surface area contributed by atoms with Gasteiger partial charge in [0.25, 0.3) is 5.91 Å². The van der Waals surface area contributed by atoms with Crippen LogP contribution < -0.4 is 4.74 Å². The molecule has 1 atom stereocenters. The van der Waals surface area contributed by atoms with Crippen molar-refractivity contribution < 1.29 is 14.3 Å². The highest BCUT2D eigenvalue weighted by molar-refractivity contribution is 5.81. The molecule has 0 spiro atoms. The lowest BCUT2D eigenvalue weighted by Crippen LogP contribution is -2.46. The van der Waals surface area contributed by atoms with Crippen molar-refractivity contribution in [1.29, 1.82) is 0 Å². The molecule has 0 bridgehead atoms. The molecule has 1 amide bonds. The van der Waals surface area contributed by atoms with Crippen molar-refractivity contribution in [2.24, 2.45) is 5.92 Å². The number of likely N-dealkylation sites (tertiary alicyclic amines) is 1. The highest BCUT2D eigenvalue weighted by Crippen LogP contribution is 2.24. The zero-order chi connectivity index (χ0) is 17.8. The van der Waals surface area contributed by atoms with Crippen molar-refractivity contribution in [3.8, 4) is 5.88 Å². The minimum Gasteiger partial charge on any atom is -0.476 e. The maximum absolute atomic E-state index is 12.5. The SMILES string of the molecule is O=C(C1CCCCO1)N1CCC(COc2cc3c(nn2)CCCC3)CC1. The van der Waals surface area contributed by atoms with Gasteiger partial charge in [0.15, 0.2) is 0 Å². The van der Waals surface area contributed by atoms with Gasteiger partial charge in [-0.2, -0.15) is 5.10 Å². The van der Waals surface area contributed by atoms with Gasteiger partial charge >= 0.3 is 0 Å². The first-order valence-corrected chi connectivity index (χ1v) is 10.2. The van der Waals surface area contributed by atoms with Crippen molar-refractivity contribution >= 4 is 5.91 Å². The highest BCUT2D eigenvalue weighted by atomic mass is 16.5. The number of rotatable bonds is 4. The van der Waals surface area contributed by atoms with Gasteiger partial charge in [-0.15, -0.1) is 5.10 Å². The molecule has 0 aromatic carbocycles. The number of carbonyl (C=O) groups is 1. The largest absolute Gasteiger partial charge is 0.476 e. The molecular formula is C20H29N3O3. The van der Waals surface area contributed by atoms with Gasteiger partial charge in [0.1, 0.15) is 6.10 Å². The Bertz CT molecular complexity index is 623. The molecular weight excluding hydrogens is 330 g/mol. The summed E-state index contributed by atoms with van der Waals surface area (Å²) in [5.41, 5.74) is 2.44. The van der Waals surface area contributed by atoms with Crippen molar-refractivity contribution in [1.82, 2.24) is 15.1 Å². The summed E-state index contributed by atoms with van der Waals surface area (Å²) < 4.78 is 11.6. The first-order valence-electron chi connectivity index (χ1n) is 10.2. The molecule has 2 aliphatic heterocycles. The molecule has 6 heteroatoms. The Morgan fingerprint density at radius 3 is 2.77 bits per heavy atom. The van der Waals surface area contributed by atoms with E-state index in [4.69, 9.17) is 9.47 Å². The maximum atomic E-state index is 12.5. The molecule has 1 aromatic rings. The van der Waals surface area contributed by atoms with Gasteiger partial charge < -0.3 is 14.4 Å². The Labute approximate surface area is 155 Å². The van der Waals surface area contributed by atoms with Crippen LogP contribution in [0.5, 0.6) is 5.88 Å². The van der Waals surface area contributed by atoms with Gasteiger partial charge in [-0.1, -0.05) is 0 Å². The molecule has 0 saturated carbocycles. The third kappa shape index (κ3) is 4.17. The summed E-state index contributed by atoms with van der Waals surface area (Å²) in [6.45, 7) is 3.00. The zero-order valence-electron chi connectivity index (χ0n) is 15.5. The molecule has 2 fully saturated rings. The second-order valence-electron chi connectivity index (χ2n) is 7.80. The molecule has 1 aliphatic carbocycles. The van der Waals surface area contributed by atoms with E-state index in [1.165, 1.54) is 18.4 Å². The van der Waals surface area contributed by atoms with Gasteiger partial charge in [-0.25, -0.2) is 0 Å². The lowest BCUT2D eigenvalue weighted by molar-refractivity contribution is -0.148. The lowest BCUT2D eigenvalue weighted by Gasteiger charge is -2.34. The Hall–Kier alpha value is -1.69. The van der Waals surface area contributed by atoms with E-state index in [0.29, 0.717) is 18.4 Å². The van der Waals surface area contributed by atoms with Crippen LogP contribution in [0, 0.1) is 5.92 Å². The topological polar surface area (TPSA) is 64.5 Å². The van der Waals surface area contributed by atoms with Crippen molar-refractivity contribution in [3.63, 3.8) is 0 Å². The average Bonchev–Trinajstić information content (AvgIpc) is 2.72. The predicted molar refractivity (Wildman–Crippen MR) is 97.1 cm³/mol. The number of piperidine rings is 1. The molecule has 2 saturated heterocycles. The summed E-state index contributed by atoms with van der Waals surface area (Å²) in [6.07, 6.45) is 9.39. The average molecular weight is 359 g/mol. The number of carbonyl (C=O) groups excluding carboxylic acids is 1. The number of aryl methyl sites for hydroxylation is 2. The fourth-order valence-corrected chi connectivity index (χ4v) is 4.20. The third-order valence-corrected chi connectivity index (χ3v) is 5.90. The molecule has 0 radical (unpaired) electrons. The van der Waals surface area contributed by atoms with E-state index < -0.39 is 0 Å². The van der Waals surface area contributed by atoms with Crippen LogP contribution in [0.3, 0.4) is 0 Å². The van der Waals surface area contributed by atoms with E-state index in [2.05, 4.69) is 16.3 Å². The number of hydrogen-bond donors (Lipinski definition) is 0. The van der Waals surface area contributed by atoms with E-state index in [1.54, 1.807) is 0 Å². The second kappa shape index (κ2) is 8.33. The molecule has 26 heavy (non-hydrogen) atoms. The highest BCUT2D eigenvalue weighted by Gasteiger charge is 2.30. The molecule has 4 rings (SSSR count). The standard InChI is InChI=1S/C20H29N3O3/c24-20(18-7-3-4-12-25-18)23-10-8-15(9-11-23)14-26-19-13-16-5-1-2-6-17(16)21-22-19/h13,15,18H,1-12,14H2. The van der Waals surface area contributed by atoms with Gasteiger partial charge in [0.2, 0.25) is 5.88 Å². The summed E-state index contributed by atoms with van der Waals surface area (Å²) in [7, 11) is 0. The Kier molecular flexibility index (Phi) is 5.68. The van der Waals surface area contributed by atoms with Crippen LogP contribution in [0.1, 0.15) is 56.2 Å². The Morgan fingerprint density at radius 1 is 1.12 bits per heavy atom. The second-order valence-corrected chi connectivity index (χ2v) is 7.80. The van der Waals surface area contributed by atoms with E-state index in [-0.39, 0.29) is 12.0 Å². The summed E-state index contributed by atoms with van der Waals surface area (Å²) in [4.78, 5) is 14.5. The maximum Gasteiger partial charge on any atom is 0.251 e. The van der Waals surface area contributed by atoms with E-state index >= 15 is 0 Å². The molecule has 3 heterocycles. The van der Waals surface area contributed by atoms with Crippen molar-refractivity contribution in [2.75, 3.05) is 26.3 Å². The summed E-state index contributed by atoms with van der Waals surface area (Å²) in [6, 6.07) is 2.07. The first kappa shape index (κ1) is 17.7. The summed E-state index contributed by atoms with van der Waals surface area (Å²) in [5.74, 6) is 1.31. The summed E-state index contributed by atoms with van der Waals surface area (Å²) >= 11 is 0. The number of nitrogens with zero attached hydrogens (tertiary/aromatic N) is 3. The quantitative estimate of drug-likeness (QED) is 0.827. The number of hydrogen-bond acceptors (Lipinski definition) is 5. The normalized spacial score (nSPS) is 24.2. The fourth-order valence-electron chi connectivity index (χ4n) is 4.20. The molecule has 1 unspecified atom stereocenters. The molecule has 142 valence electrons. The third-order valence-electron chi connectivity index (χ3n) is 5.90. The number of aromatic nitrogens is 2. The molecule has 3 aliphatic rings. The monoisotopic (exact) mass is 359 g/mol. The van der Waals surface area contributed by atoms with Crippen LogP contribution in [-0.2, 0) is 22.4 Å².